The van der Waals surface area contributed by atoms with E-state index in [0.717, 1.165) is 29.5 Å². The molecule has 104 valence electrons. The van der Waals surface area contributed by atoms with Crippen molar-refractivity contribution >= 4 is 5.69 Å². The van der Waals surface area contributed by atoms with E-state index < -0.39 is 0 Å². The first-order valence-corrected chi connectivity index (χ1v) is 7.10. The van der Waals surface area contributed by atoms with Crippen LogP contribution >= 0.6 is 0 Å². The van der Waals surface area contributed by atoms with Crippen LogP contribution in [0.4, 0.5) is 5.69 Å². The third-order valence-corrected chi connectivity index (χ3v) is 4.15. The van der Waals surface area contributed by atoms with Crippen LogP contribution in [0.25, 0.3) is 0 Å². The highest BCUT2D eigenvalue weighted by atomic mass is 16.7. The Labute approximate surface area is 114 Å². The van der Waals surface area contributed by atoms with Crippen molar-refractivity contribution in [1.82, 2.24) is 4.90 Å². The molecule has 1 saturated heterocycles. The van der Waals surface area contributed by atoms with Gasteiger partial charge in [0.05, 0.1) is 6.61 Å². The Morgan fingerprint density at radius 3 is 3.11 bits per heavy atom. The lowest BCUT2D eigenvalue weighted by Crippen LogP contribution is -2.22. The maximum Gasteiger partial charge on any atom is 0.189 e. The van der Waals surface area contributed by atoms with E-state index in [-0.39, 0.29) is 0 Å². The zero-order valence-corrected chi connectivity index (χ0v) is 11.5. The predicted molar refractivity (Wildman–Crippen MR) is 74.8 cm³/mol. The molecular weight excluding hydrogens is 240 g/mol. The largest absolute Gasteiger partial charge is 0.467 e. The van der Waals surface area contributed by atoms with E-state index in [1.54, 1.807) is 0 Å². The first-order chi connectivity index (χ1) is 9.26. The lowest BCUT2D eigenvalue weighted by Gasteiger charge is -2.24. The number of ether oxygens (including phenoxy) is 2. The number of likely N-dealkylation sites (tertiary alicyclic amines) is 1. The van der Waals surface area contributed by atoms with Gasteiger partial charge < -0.3 is 15.2 Å². The molecule has 1 atom stereocenters. The summed E-state index contributed by atoms with van der Waals surface area (Å²) in [6.07, 6.45) is 2.58. The SMILES string of the molecule is CCC1CCN(Cc2cc(N)cc3c2OCOC3)C1. The van der Waals surface area contributed by atoms with Crippen molar-refractivity contribution in [3.63, 3.8) is 0 Å². The third-order valence-electron chi connectivity index (χ3n) is 4.15. The van der Waals surface area contributed by atoms with Crippen molar-refractivity contribution in [3.05, 3.63) is 23.3 Å². The maximum absolute atomic E-state index is 5.98. The fourth-order valence-electron chi connectivity index (χ4n) is 3.07. The van der Waals surface area contributed by atoms with E-state index in [0.29, 0.717) is 13.4 Å². The van der Waals surface area contributed by atoms with Crippen LogP contribution in [0.5, 0.6) is 5.75 Å². The molecule has 1 fully saturated rings. The minimum absolute atomic E-state index is 0.349. The van der Waals surface area contributed by atoms with E-state index in [1.165, 1.54) is 31.5 Å². The van der Waals surface area contributed by atoms with Crippen LogP contribution < -0.4 is 10.5 Å². The van der Waals surface area contributed by atoms with Crippen LogP contribution in [-0.4, -0.2) is 24.8 Å². The summed E-state index contributed by atoms with van der Waals surface area (Å²) in [5.41, 5.74) is 9.06. The Morgan fingerprint density at radius 1 is 1.42 bits per heavy atom. The van der Waals surface area contributed by atoms with Gasteiger partial charge in [0, 0.05) is 29.9 Å². The van der Waals surface area contributed by atoms with Crippen LogP contribution in [-0.2, 0) is 17.9 Å². The van der Waals surface area contributed by atoms with E-state index >= 15 is 0 Å². The normalized spacial score (nSPS) is 23.1. The minimum Gasteiger partial charge on any atom is -0.467 e. The Hall–Kier alpha value is -1.26. The van der Waals surface area contributed by atoms with Gasteiger partial charge in [0.15, 0.2) is 6.79 Å². The lowest BCUT2D eigenvalue weighted by molar-refractivity contribution is -0.0173. The molecule has 19 heavy (non-hydrogen) atoms. The summed E-state index contributed by atoms with van der Waals surface area (Å²) in [4.78, 5) is 2.50. The van der Waals surface area contributed by atoms with Crippen molar-refractivity contribution in [1.29, 1.82) is 0 Å². The highest BCUT2D eigenvalue weighted by Crippen LogP contribution is 2.32. The van der Waals surface area contributed by atoms with Gasteiger partial charge in [0.1, 0.15) is 5.75 Å². The zero-order chi connectivity index (χ0) is 13.2. The van der Waals surface area contributed by atoms with Crippen LogP contribution in [0.15, 0.2) is 12.1 Å². The van der Waals surface area contributed by atoms with Gasteiger partial charge in [-0.1, -0.05) is 13.3 Å². The predicted octanol–water partition coefficient (Wildman–Crippen LogP) is 2.37. The number of fused-ring (bicyclic) bond motifs is 1. The molecule has 4 nitrogen and oxygen atoms in total. The second-order valence-electron chi connectivity index (χ2n) is 5.58. The van der Waals surface area contributed by atoms with Crippen molar-refractivity contribution in [2.45, 2.75) is 32.9 Å². The number of benzene rings is 1. The number of nitrogens with two attached hydrogens (primary N) is 1. The van der Waals surface area contributed by atoms with Gasteiger partial charge in [0.25, 0.3) is 0 Å². The van der Waals surface area contributed by atoms with Crippen molar-refractivity contribution in [2.75, 3.05) is 25.6 Å². The van der Waals surface area contributed by atoms with Gasteiger partial charge in [-0.3, -0.25) is 4.90 Å². The molecule has 1 unspecified atom stereocenters. The first kappa shape index (κ1) is 12.8. The van der Waals surface area contributed by atoms with E-state index in [2.05, 4.69) is 11.8 Å². The highest BCUT2D eigenvalue weighted by molar-refractivity contribution is 5.53. The van der Waals surface area contributed by atoms with E-state index in [1.807, 2.05) is 12.1 Å². The number of nitrogens with zero attached hydrogens (tertiary/aromatic N) is 1. The summed E-state index contributed by atoms with van der Waals surface area (Å²) in [5, 5.41) is 0. The van der Waals surface area contributed by atoms with Gasteiger partial charge in [-0.05, 0) is 31.0 Å². The quantitative estimate of drug-likeness (QED) is 0.850. The molecule has 3 rings (SSSR count). The summed E-state index contributed by atoms with van der Waals surface area (Å²) < 4.78 is 11.0. The number of hydrogen-bond acceptors (Lipinski definition) is 4. The third kappa shape index (κ3) is 2.69. The molecule has 2 aliphatic heterocycles. The van der Waals surface area contributed by atoms with E-state index in [9.17, 15) is 0 Å². The lowest BCUT2D eigenvalue weighted by atomic mass is 10.1. The minimum atomic E-state index is 0.349. The first-order valence-electron chi connectivity index (χ1n) is 7.10. The molecular formula is C15H22N2O2. The van der Waals surface area contributed by atoms with Gasteiger partial charge in [0.2, 0.25) is 0 Å². The molecule has 0 aliphatic carbocycles. The number of rotatable bonds is 3. The molecule has 0 spiro atoms. The van der Waals surface area contributed by atoms with Crippen molar-refractivity contribution < 1.29 is 9.47 Å². The fraction of sp³-hybridized carbons (Fsp3) is 0.600. The Bertz CT molecular complexity index is 462. The highest BCUT2D eigenvalue weighted by Gasteiger charge is 2.23. The number of anilines is 1. The molecule has 0 aromatic heterocycles. The molecule has 2 N–H and O–H groups in total. The molecule has 1 aromatic rings. The summed E-state index contributed by atoms with van der Waals surface area (Å²) in [6, 6.07) is 4.00. The summed E-state index contributed by atoms with van der Waals surface area (Å²) in [5.74, 6) is 1.83. The van der Waals surface area contributed by atoms with Gasteiger partial charge in [-0.25, -0.2) is 0 Å². The Balaban J connectivity index is 1.79. The van der Waals surface area contributed by atoms with Crippen molar-refractivity contribution in [2.24, 2.45) is 5.92 Å². The van der Waals surface area contributed by atoms with Gasteiger partial charge >= 0.3 is 0 Å². The molecule has 2 aliphatic rings. The second kappa shape index (κ2) is 5.39. The average Bonchev–Trinajstić information content (AvgIpc) is 2.86. The summed E-state index contributed by atoms with van der Waals surface area (Å²) in [6.45, 7) is 6.53. The maximum atomic E-state index is 5.98. The molecule has 0 saturated carbocycles. The van der Waals surface area contributed by atoms with Crippen molar-refractivity contribution in [3.8, 4) is 5.75 Å². The standard InChI is InChI=1S/C15H22N2O2/c1-2-11-3-4-17(7-11)8-12-5-14(16)6-13-9-18-10-19-15(12)13/h5-6,11H,2-4,7-10,16H2,1H3. The molecule has 1 aromatic carbocycles. The second-order valence-corrected chi connectivity index (χ2v) is 5.58. The summed E-state index contributed by atoms with van der Waals surface area (Å²) in [7, 11) is 0. The molecule has 0 bridgehead atoms. The number of nitrogen functional groups attached to an aromatic ring is 1. The van der Waals surface area contributed by atoms with Crippen LogP contribution in [0.2, 0.25) is 0 Å². The molecule has 0 radical (unpaired) electrons. The van der Waals surface area contributed by atoms with Crippen LogP contribution in [0.1, 0.15) is 30.9 Å². The molecule has 2 heterocycles. The smallest absolute Gasteiger partial charge is 0.189 e. The van der Waals surface area contributed by atoms with E-state index in [4.69, 9.17) is 15.2 Å². The fourth-order valence-corrected chi connectivity index (χ4v) is 3.07. The van der Waals surface area contributed by atoms with Gasteiger partial charge in [-0.2, -0.15) is 0 Å². The Morgan fingerprint density at radius 2 is 2.32 bits per heavy atom. The average molecular weight is 262 g/mol. The monoisotopic (exact) mass is 262 g/mol. The van der Waals surface area contributed by atoms with Crippen LogP contribution in [0, 0.1) is 5.92 Å². The molecule has 4 heteroatoms. The topological polar surface area (TPSA) is 47.7 Å². The Kier molecular flexibility index (Phi) is 3.62. The zero-order valence-electron chi connectivity index (χ0n) is 11.5. The number of hydrogen-bond donors (Lipinski definition) is 1. The van der Waals surface area contributed by atoms with Crippen LogP contribution in [0.3, 0.4) is 0 Å². The molecule has 0 amide bonds. The summed E-state index contributed by atoms with van der Waals surface area (Å²) >= 11 is 0. The van der Waals surface area contributed by atoms with Gasteiger partial charge in [-0.15, -0.1) is 0 Å².